The smallest absolute Gasteiger partial charge is 0.0820 e. The molecule has 2 nitrogen and oxygen atoms in total. The van der Waals surface area contributed by atoms with Crippen molar-refractivity contribution in [3.8, 4) is 0 Å². The van der Waals surface area contributed by atoms with Crippen LogP contribution in [-0.4, -0.2) is 16.8 Å². The maximum absolute atomic E-state index is 10.6. The molecule has 0 amide bonds. The molecule has 2 N–H and O–H groups in total. The van der Waals surface area contributed by atoms with Gasteiger partial charge in [0, 0.05) is 6.61 Å². The number of hydrogen-bond donors (Lipinski definition) is 2. The van der Waals surface area contributed by atoms with E-state index in [4.69, 9.17) is 5.11 Å². The predicted molar refractivity (Wildman–Crippen MR) is 78.0 cm³/mol. The minimum absolute atomic E-state index is 0.281. The molecule has 0 bridgehead atoms. The molecule has 0 saturated carbocycles. The average molecular weight is 262 g/mol. The highest BCUT2D eigenvalue weighted by Gasteiger charge is 2.25. The molecule has 0 fully saturated rings. The molecular formula is C17H26O2. The van der Waals surface area contributed by atoms with Crippen molar-refractivity contribution in [3.63, 3.8) is 0 Å². The third-order valence-corrected chi connectivity index (χ3v) is 4.32. The Morgan fingerprint density at radius 1 is 1.05 bits per heavy atom. The summed E-state index contributed by atoms with van der Waals surface area (Å²) in [5.41, 5.74) is 2.48. The third-order valence-electron chi connectivity index (χ3n) is 4.32. The molecule has 2 atom stereocenters. The standard InChI is InChI=1S/C17H26O2/c18-13-6-2-1-3-9-15-11-7-10-14-8-4-5-12-16(14)17(15)19/h4-5,8,12,15,17-19H,1-3,6-7,9-11,13H2. The number of hydrogen-bond acceptors (Lipinski definition) is 2. The molecule has 1 aliphatic carbocycles. The fraction of sp³-hybridized carbons (Fsp3) is 0.647. The van der Waals surface area contributed by atoms with Crippen molar-refractivity contribution < 1.29 is 10.2 Å². The topological polar surface area (TPSA) is 40.5 Å². The van der Waals surface area contributed by atoms with Crippen LogP contribution in [-0.2, 0) is 6.42 Å². The summed E-state index contributed by atoms with van der Waals surface area (Å²) >= 11 is 0. The van der Waals surface area contributed by atoms with Crippen LogP contribution in [0.3, 0.4) is 0 Å². The minimum Gasteiger partial charge on any atom is -0.396 e. The SMILES string of the molecule is OCCCCCCC1CCCc2ccccc2C1O. The van der Waals surface area contributed by atoms with Crippen molar-refractivity contribution in [2.24, 2.45) is 5.92 Å². The van der Waals surface area contributed by atoms with Gasteiger partial charge in [0.1, 0.15) is 0 Å². The highest BCUT2D eigenvalue weighted by molar-refractivity contribution is 5.30. The molecule has 2 unspecified atom stereocenters. The second-order valence-corrected chi connectivity index (χ2v) is 5.72. The highest BCUT2D eigenvalue weighted by atomic mass is 16.3. The number of unbranched alkanes of at least 4 members (excludes halogenated alkanes) is 3. The summed E-state index contributed by atoms with van der Waals surface area (Å²) in [5, 5.41) is 19.3. The van der Waals surface area contributed by atoms with Crippen LogP contribution < -0.4 is 0 Å². The lowest BCUT2D eigenvalue weighted by atomic mass is 9.89. The monoisotopic (exact) mass is 262 g/mol. The zero-order valence-electron chi connectivity index (χ0n) is 11.7. The van der Waals surface area contributed by atoms with Crippen LogP contribution in [0.15, 0.2) is 24.3 Å². The molecule has 1 aromatic carbocycles. The molecule has 19 heavy (non-hydrogen) atoms. The molecule has 0 aliphatic heterocycles. The van der Waals surface area contributed by atoms with E-state index in [1.165, 1.54) is 24.8 Å². The lowest BCUT2D eigenvalue weighted by molar-refractivity contribution is 0.0978. The van der Waals surface area contributed by atoms with Crippen LogP contribution in [0.1, 0.15) is 62.2 Å². The number of fused-ring (bicyclic) bond motifs is 1. The predicted octanol–water partition coefficient (Wildman–Crippen LogP) is 3.62. The molecule has 0 heterocycles. The van der Waals surface area contributed by atoms with Crippen LogP contribution in [0, 0.1) is 5.92 Å². The number of aryl methyl sites for hydroxylation is 1. The second-order valence-electron chi connectivity index (χ2n) is 5.72. The number of aliphatic hydroxyl groups excluding tert-OH is 2. The Labute approximate surface area is 116 Å². The fourth-order valence-electron chi connectivity index (χ4n) is 3.19. The van der Waals surface area contributed by atoms with E-state index in [-0.39, 0.29) is 6.10 Å². The van der Waals surface area contributed by atoms with Gasteiger partial charge in [-0.1, -0.05) is 43.5 Å². The first-order chi connectivity index (χ1) is 9.33. The Morgan fingerprint density at radius 3 is 2.68 bits per heavy atom. The first kappa shape index (κ1) is 14.5. The minimum atomic E-state index is -0.281. The molecule has 0 saturated heterocycles. The molecule has 1 aromatic rings. The van der Waals surface area contributed by atoms with E-state index in [1.54, 1.807) is 0 Å². The molecule has 0 radical (unpaired) electrons. The summed E-state index contributed by atoms with van der Waals surface area (Å²) in [6, 6.07) is 8.35. The molecule has 1 aliphatic rings. The van der Waals surface area contributed by atoms with E-state index in [9.17, 15) is 5.11 Å². The van der Waals surface area contributed by atoms with Crippen LogP contribution >= 0.6 is 0 Å². The quantitative estimate of drug-likeness (QED) is 0.607. The Hall–Kier alpha value is -0.860. The van der Waals surface area contributed by atoms with E-state index in [0.29, 0.717) is 12.5 Å². The van der Waals surface area contributed by atoms with Gasteiger partial charge in [0.15, 0.2) is 0 Å². The van der Waals surface area contributed by atoms with Gasteiger partial charge >= 0.3 is 0 Å². The largest absolute Gasteiger partial charge is 0.396 e. The first-order valence-electron chi connectivity index (χ1n) is 7.69. The summed E-state index contributed by atoms with van der Waals surface area (Å²) < 4.78 is 0. The van der Waals surface area contributed by atoms with Gasteiger partial charge in [-0.05, 0) is 49.1 Å². The zero-order valence-corrected chi connectivity index (χ0v) is 11.7. The van der Waals surface area contributed by atoms with Gasteiger partial charge < -0.3 is 10.2 Å². The van der Waals surface area contributed by atoms with Crippen molar-refractivity contribution in [2.45, 2.75) is 57.5 Å². The van der Waals surface area contributed by atoms with Crippen molar-refractivity contribution in [1.29, 1.82) is 0 Å². The van der Waals surface area contributed by atoms with Crippen LogP contribution in [0.4, 0.5) is 0 Å². The summed E-state index contributed by atoms with van der Waals surface area (Å²) in [4.78, 5) is 0. The van der Waals surface area contributed by atoms with Gasteiger partial charge in [0.25, 0.3) is 0 Å². The zero-order chi connectivity index (χ0) is 13.5. The molecule has 2 rings (SSSR count). The summed E-state index contributed by atoms with van der Waals surface area (Å²) in [7, 11) is 0. The number of rotatable bonds is 6. The van der Waals surface area contributed by atoms with Crippen molar-refractivity contribution >= 4 is 0 Å². The number of aliphatic hydroxyl groups is 2. The Kier molecular flexibility index (Phi) is 5.87. The van der Waals surface area contributed by atoms with Crippen LogP contribution in [0.5, 0.6) is 0 Å². The maximum atomic E-state index is 10.6. The fourth-order valence-corrected chi connectivity index (χ4v) is 3.19. The Morgan fingerprint density at radius 2 is 1.84 bits per heavy atom. The molecule has 106 valence electrons. The highest BCUT2D eigenvalue weighted by Crippen LogP contribution is 2.35. The van der Waals surface area contributed by atoms with E-state index >= 15 is 0 Å². The molecular weight excluding hydrogens is 236 g/mol. The second kappa shape index (κ2) is 7.66. The lowest BCUT2D eigenvalue weighted by Crippen LogP contribution is -2.12. The Bertz CT molecular complexity index is 375. The lowest BCUT2D eigenvalue weighted by Gasteiger charge is -2.21. The van der Waals surface area contributed by atoms with E-state index in [2.05, 4.69) is 18.2 Å². The van der Waals surface area contributed by atoms with Crippen LogP contribution in [0.25, 0.3) is 0 Å². The van der Waals surface area contributed by atoms with Gasteiger partial charge in [-0.25, -0.2) is 0 Å². The van der Waals surface area contributed by atoms with Gasteiger partial charge in [0.2, 0.25) is 0 Å². The summed E-state index contributed by atoms with van der Waals surface area (Å²) in [5.74, 6) is 0.415. The summed E-state index contributed by atoms with van der Waals surface area (Å²) in [6.07, 6.45) is 8.62. The van der Waals surface area contributed by atoms with Gasteiger partial charge in [-0.2, -0.15) is 0 Å². The molecule has 0 aromatic heterocycles. The Balaban J connectivity index is 1.88. The molecule has 0 spiro atoms. The maximum Gasteiger partial charge on any atom is 0.0820 e. The first-order valence-corrected chi connectivity index (χ1v) is 7.69. The third kappa shape index (κ3) is 4.05. The molecule has 2 heteroatoms. The van der Waals surface area contributed by atoms with Crippen LogP contribution in [0.2, 0.25) is 0 Å². The van der Waals surface area contributed by atoms with Gasteiger partial charge in [0.05, 0.1) is 6.10 Å². The van der Waals surface area contributed by atoms with Gasteiger partial charge in [-0.3, -0.25) is 0 Å². The number of benzene rings is 1. The van der Waals surface area contributed by atoms with E-state index < -0.39 is 0 Å². The van der Waals surface area contributed by atoms with Gasteiger partial charge in [-0.15, -0.1) is 0 Å². The summed E-state index contributed by atoms with van der Waals surface area (Å²) in [6.45, 7) is 0.305. The van der Waals surface area contributed by atoms with E-state index in [1.807, 2.05) is 6.07 Å². The van der Waals surface area contributed by atoms with E-state index in [0.717, 1.165) is 37.7 Å². The van der Waals surface area contributed by atoms with Crippen molar-refractivity contribution in [3.05, 3.63) is 35.4 Å². The average Bonchev–Trinajstić information content (AvgIpc) is 2.59. The van der Waals surface area contributed by atoms with Crippen molar-refractivity contribution in [2.75, 3.05) is 6.61 Å². The normalized spacial score (nSPS) is 22.8. The van der Waals surface area contributed by atoms with Crippen molar-refractivity contribution in [1.82, 2.24) is 0 Å².